The van der Waals surface area contributed by atoms with Gasteiger partial charge in [-0.05, 0) is 27.5 Å². The molecule has 0 unspecified atom stereocenters. The fraction of sp³-hybridized carbons (Fsp3) is 0.167. The van der Waals surface area contributed by atoms with Crippen LogP contribution in [-0.2, 0) is 7.05 Å². The lowest BCUT2D eigenvalue weighted by Crippen LogP contribution is -1.89. The van der Waals surface area contributed by atoms with Crippen molar-refractivity contribution in [3.63, 3.8) is 0 Å². The Morgan fingerprint density at radius 1 is 1.62 bits per heavy atom. The Hall–Kier alpha value is -0.950. The smallest absolute Gasteiger partial charge is 0.232 e. The van der Waals surface area contributed by atoms with Gasteiger partial charge in [0, 0.05) is 7.05 Å². The van der Waals surface area contributed by atoms with Gasteiger partial charge < -0.3 is 5.73 Å². The van der Waals surface area contributed by atoms with Gasteiger partial charge in [-0.25, -0.2) is 0 Å². The second-order valence-electron chi connectivity index (χ2n) is 2.43. The number of hydrogen-bond acceptors (Lipinski definition) is 5. The summed E-state index contributed by atoms with van der Waals surface area (Å²) in [5, 5.41) is 4.85. The van der Waals surface area contributed by atoms with Gasteiger partial charge in [0.2, 0.25) is 5.95 Å². The van der Waals surface area contributed by atoms with E-state index in [-0.39, 0.29) is 0 Å². The van der Waals surface area contributed by atoms with Gasteiger partial charge >= 0.3 is 0 Å². The number of aryl methyl sites for hydroxylation is 1. The third-order valence-electron chi connectivity index (χ3n) is 1.54. The molecular formula is C6H6BrN5S. The van der Waals surface area contributed by atoms with Crippen LogP contribution < -0.4 is 5.73 Å². The molecule has 5 nitrogen and oxygen atoms in total. The summed E-state index contributed by atoms with van der Waals surface area (Å²) in [7, 11) is 1.85. The van der Waals surface area contributed by atoms with Crippen molar-refractivity contribution in [3.8, 4) is 10.6 Å². The Kier molecular flexibility index (Phi) is 2.04. The van der Waals surface area contributed by atoms with Gasteiger partial charge in [-0.1, -0.05) is 0 Å². The predicted octanol–water partition coefficient (Wildman–Crippen LogP) is 1.28. The third-order valence-corrected chi connectivity index (χ3v) is 3.24. The van der Waals surface area contributed by atoms with E-state index in [0.717, 1.165) is 15.2 Å². The van der Waals surface area contributed by atoms with Gasteiger partial charge in [-0.3, -0.25) is 4.68 Å². The van der Waals surface area contributed by atoms with Crippen molar-refractivity contribution in [2.45, 2.75) is 0 Å². The largest absolute Gasteiger partial charge is 0.367 e. The van der Waals surface area contributed by atoms with Crippen LogP contribution in [0, 0.1) is 0 Å². The summed E-state index contributed by atoms with van der Waals surface area (Å²) in [6.07, 6.45) is 1.73. The van der Waals surface area contributed by atoms with Gasteiger partial charge in [-0.15, -0.1) is 0 Å². The zero-order chi connectivity index (χ0) is 9.42. The molecule has 0 bridgehead atoms. The summed E-state index contributed by atoms with van der Waals surface area (Å²) < 4.78 is 6.49. The van der Waals surface area contributed by atoms with E-state index in [0.29, 0.717) is 5.95 Å². The first-order valence-corrected chi connectivity index (χ1v) is 5.02. The quantitative estimate of drug-likeness (QED) is 0.838. The summed E-state index contributed by atoms with van der Waals surface area (Å²) in [4.78, 5) is 4.06. The van der Waals surface area contributed by atoms with Gasteiger partial charge in [0.1, 0.15) is 9.61 Å². The lowest BCUT2D eigenvalue weighted by atomic mass is 10.4. The van der Waals surface area contributed by atoms with Crippen molar-refractivity contribution in [2.75, 3.05) is 5.73 Å². The molecule has 0 aliphatic heterocycles. The summed E-state index contributed by atoms with van der Waals surface area (Å²) in [6.45, 7) is 0. The number of halogens is 1. The van der Waals surface area contributed by atoms with Crippen molar-refractivity contribution in [1.82, 2.24) is 19.1 Å². The first-order valence-electron chi connectivity index (χ1n) is 3.45. The van der Waals surface area contributed by atoms with E-state index < -0.39 is 0 Å². The molecule has 0 atom stereocenters. The maximum atomic E-state index is 5.42. The first-order chi connectivity index (χ1) is 6.18. The zero-order valence-corrected chi connectivity index (χ0v) is 9.13. The van der Waals surface area contributed by atoms with Gasteiger partial charge in [-0.2, -0.15) is 14.5 Å². The van der Waals surface area contributed by atoms with Crippen LogP contribution in [0.2, 0.25) is 0 Å². The highest BCUT2D eigenvalue weighted by Gasteiger charge is 2.11. The number of anilines is 1. The normalized spacial score (nSPS) is 10.6. The van der Waals surface area contributed by atoms with E-state index in [9.17, 15) is 0 Å². The maximum absolute atomic E-state index is 5.42. The molecule has 0 aliphatic rings. The van der Waals surface area contributed by atoms with Gasteiger partial charge in [0.15, 0.2) is 0 Å². The number of nitrogens with zero attached hydrogens (tertiary/aromatic N) is 4. The minimum absolute atomic E-state index is 0.302. The average Bonchev–Trinajstić information content (AvgIpc) is 2.62. The number of aromatic nitrogens is 4. The molecule has 0 aromatic carbocycles. The topological polar surface area (TPSA) is 69.6 Å². The first kappa shape index (κ1) is 8.64. The molecule has 2 N–H and O–H groups in total. The van der Waals surface area contributed by atoms with Crippen LogP contribution >= 0.6 is 27.5 Å². The number of nitrogens with two attached hydrogens (primary N) is 1. The second kappa shape index (κ2) is 3.08. The molecule has 2 aromatic heterocycles. The Morgan fingerprint density at radius 3 is 2.85 bits per heavy atom. The fourth-order valence-electron chi connectivity index (χ4n) is 0.910. The molecule has 2 rings (SSSR count). The average molecular weight is 260 g/mol. The molecule has 0 spiro atoms. The molecule has 0 aliphatic carbocycles. The van der Waals surface area contributed by atoms with Crippen LogP contribution in [0.5, 0.6) is 0 Å². The summed E-state index contributed by atoms with van der Waals surface area (Å²) >= 11 is 4.66. The Bertz CT molecular complexity index is 434. The Balaban J connectivity index is 2.52. The minimum atomic E-state index is 0.302. The summed E-state index contributed by atoms with van der Waals surface area (Å²) in [6, 6.07) is 0. The number of nitrogen functional groups attached to an aromatic ring is 1. The molecule has 7 heteroatoms. The molecule has 13 heavy (non-hydrogen) atoms. The van der Waals surface area contributed by atoms with E-state index >= 15 is 0 Å². The van der Waals surface area contributed by atoms with Gasteiger partial charge in [0.25, 0.3) is 0 Å². The van der Waals surface area contributed by atoms with Crippen LogP contribution in [-0.4, -0.2) is 19.1 Å². The molecular weight excluding hydrogens is 254 g/mol. The van der Waals surface area contributed by atoms with Crippen molar-refractivity contribution in [2.24, 2.45) is 7.05 Å². The van der Waals surface area contributed by atoms with Crippen molar-refractivity contribution in [1.29, 1.82) is 0 Å². The maximum Gasteiger partial charge on any atom is 0.232 e. The highest BCUT2D eigenvalue weighted by molar-refractivity contribution is 9.10. The van der Waals surface area contributed by atoms with E-state index in [1.54, 1.807) is 10.9 Å². The van der Waals surface area contributed by atoms with Crippen LogP contribution in [0.15, 0.2) is 10.8 Å². The molecule has 0 amide bonds. The molecule has 0 saturated heterocycles. The zero-order valence-electron chi connectivity index (χ0n) is 6.73. The van der Waals surface area contributed by atoms with Crippen LogP contribution in [0.4, 0.5) is 5.95 Å². The van der Waals surface area contributed by atoms with Crippen LogP contribution in [0.25, 0.3) is 10.6 Å². The van der Waals surface area contributed by atoms with Crippen molar-refractivity contribution < 1.29 is 0 Å². The SMILES string of the molecule is Cn1ncc(-c2nc(N)ns2)c1Br. The Morgan fingerprint density at radius 2 is 2.38 bits per heavy atom. The number of hydrogen-bond donors (Lipinski definition) is 1. The standard InChI is InChI=1S/C6H6BrN5S/c1-12-4(7)3(2-9-12)5-10-6(8)11-13-5/h2H,1H3,(H2,8,11). The van der Waals surface area contributed by atoms with Crippen LogP contribution in [0.1, 0.15) is 0 Å². The second-order valence-corrected chi connectivity index (χ2v) is 3.93. The van der Waals surface area contributed by atoms with E-state index in [1.807, 2.05) is 7.05 Å². The van der Waals surface area contributed by atoms with Crippen molar-refractivity contribution in [3.05, 3.63) is 10.8 Å². The molecule has 2 heterocycles. The summed E-state index contributed by atoms with van der Waals surface area (Å²) in [5.41, 5.74) is 6.33. The monoisotopic (exact) mass is 259 g/mol. The number of rotatable bonds is 1. The minimum Gasteiger partial charge on any atom is -0.367 e. The van der Waals surface area contributed by atoms with Gasteiger partial charge in [0.05, 0.1) is 11.8 Å². The molecule has 0 radical (unpaired) electrons. The lowest BCUT2D eigenvalue weighted by molar-refractivity contribution is 0.750. The fourth-order valence-corrected chi connectivity index (χ4v) is 2.03. The van der Waals surface area contributed by atoms with E-state index in [1.165, 1.54) is 11.5 Å². The lowest BCUT2D eigenvalue weighted by Gasteiger charge is -1.92. The van der Waals surface area contributed by atoms with Crippen molar-refractivity contribution >= 4 is 33.4 Å². The van der Waals surface area contributed by atoms with Crippen LogP contribution in [0.3, 0.4) is 0 Å². The highest BCUT2D eigenvalue weighted by atomic mass is 79.9. The van der Waals surface area contributed by atoms with E-state index in [4.69, 9.17) is 5.73 Å². The molecule has 0 saturated carbocycles. The molecule has 68 valence electrons. The third kappa shape index (κ3) is 1.44. The predicted molar refractivity (Wildman–Crippen MR) is 54.2 cm³/mol. The summed E-state index contributed by atoms with van der Waals surface area (Å²) in [5.74, 6) is 0.302. The van der Waals surface area contributed by atoms with E-state index in [2.05, 4.69) is 30.4 Å². The molecule has 0 fully saturated rings. The molecule has 2 aromatic rings. The Labute approximate surface area is 86.9 Å². The highest BCUT2D eigenvalue weighted by Crippen LogP contribution is 2.28.